The van der Waals surface area contributed by atoms with Crippen LogP contribution in [0.1, 0.15) is 11.3 Å². The van der Waals surface area contributed by atoms with Crippen LogP contribution in [0.5, 0.6) is 0 Å². The zero-order valence-electron chi connectivity index (χ0n) is 17.9. The Morgan fingerprint density at radius 3 is 2.67 bits per heavy atom. The van der Waals surface area contributed by atoms with Crippen LogP contribution in [0, 0.1) is 12.7 Å². The summed E-state index contributed by atoms with van der Waals surface area (Å²) in [6, 6.07) is 18.5. The first-order valence-electron chi connectivity index (χ1n) is 10.5. The largest absolute Gasteiger partial charge is 0.322 e. The van der Waals surface area contributed by atoms with E-state index in [1.165, 1.54) is 12.3 Å². The monoisotopic (exact) mass is 440 g/mol. The van der Waals surface area contributed by atoms with Crippen LogP contribution >= 0.6 is 0 Å². The average Bonchev–Trinajstić information content (AvgIpc) is 3.39. The molecule has 0 bridgehead atoms. The van der Waals surface area contributed by atoms with Crippen molar-refractivity contribution in [2.24, 2.45) is 0 Å². The van der Waals surface area contributed by atoms with Crippen LogP contribution in [0.2, 0.25) is 0 Å². The van der Waals surface area contributed by atoms with E-state index in [4.69, 9.17) is 0 Å². The SMILES string of the molecule is Cc1nn(CC(=O)Nc2cnn(Cc3ccccc3F)c2)c2nccc(-c3ccccc3)c12. The van der Waals surface area contributed by atoms with Crippen molar-refractivity contribution >= 4 is 22.6 Å². The van der Waals surface area contributed by atoms with Gasteiger partial charge in [-0.1, -0.05) is 48.5 Å². The molecule has 0 spiro atoms. The van der Waals surface area contributed by atoms with Gasteiger partial charge in [-0.2, -0.15) is 10.2 Å². The summed E-state index contributed by atoms with van der Waals surface area (Å²) in [5.74, 6) is -0.543. The molecule has 0 aliphatic carbocycles. The van der Waals surface area contributed by atoms with Gasteiger partial charge in [-0.3, -0.25) is 9.48 Å². The maximum Gasteiger partial charge on any atom is 0.246 e. The number of anilines is 1. The molecule has 0 aliphatic rings. The number of nitrogens with zero attached hydrogens (tertiary/aromatic N) is 5. The molecule has 3 heterocycles. The smallest absolute Gasteiger partial charge is 0.246 e. The Balaban J connectivity index is 1.33. The van der Waals surface area contributed by atoms with Gasteiger partial charge in [-0.05, 0) is 30.2 Å². The van der Waals surface area contributed by atoms with E-state index in [0.717, 1.165) is 22.2 Å². The molecule has 7 nitrogen and oxygen atoms in total. The van der Waals surface area contributed by atoms with Crippen LogP contribution in [-0.2, 0) is 17.9 Å². The maximum absolute atomic E-state index is 13.9. The standard InChI is InChI=1S/C25H21FN6O/c1-17-24-21(18-7-3-2-4-8-18)11-12-27-25(24)32(30-17)16-23(33)29-20-13-28-31(15-20)14-19-9-5-6-10-22(19)26/h2-13,15H,14,16H2,1H3,(H,29,33). The molecule has 0 aliphatic heterocycles. The normalized spacial score (nSPS) is 11.1. The van der Waals surface area contributed by atoms with Gasteiger partial charge in [0.25, 0.3) is 0 Å². The number of pyridine rings is 1. The van der Waals surface area contributed by atoms with E-state index >= 15 is 0 Å². The Morgan fingerprint density at radius 1 is 1.06 bits per heavy atom. The van der Waals surface area contributed by atoms with Crippen molar-refractivity contribution in [2.75, 3.05) is 5.32 Å². The Bertz CT molecular complexity index is 1440. The van der Waals surface area contributed by atoms with Gasteiger partial charge in [-0.25, -0.2) is 14.1 Å². The van der Waals surface area contributed by atoms with E-state index in [1.54, 1.807) is 40.0 Å². The molecule has 0 atom stereocenters. The van der Waals surface area contributed by atoms with Crippen molar-refractivity contribution in [3.8, 4) is 11.1 Å². The van der Waals surface area contributed by atoms with E-state index in [0.29, 0.717) is 16.9 Å². The van der Waals surface area contributed by atoms with Crippen LogP contribution < -0.4 is 5.32 Å². The predicted molar refractivity (Wildman–Crippen MR) is 124 cm³/mol. The number of benzene rings is 2. The number of aryl methyl sites for hydroxylation is 1. The molecule has 2 aromatic carbocycles. The third-order valence-corrected chi connectivity index (χ3v) is 5.39. The highest BCUT2D eigenvalue weighted by atomic mass is 19.1. The van der Waals surface area contributed by atoms with Gasteiger partial charge >= 0.3 is 0 Å². The van der Waals surface area contributed by atoms with Crippen molar-refractivity contribution in [2.45, 2.75) is 20.0 Å². The molecule has 1 amide bonds. The molecule has 5 rings (SSSR count). The van der Waals surface area contributed by atoms with Crippen LogP contribution in [0.3, 0.4) is 0 Å². The number of aromatic nitrogens is 5. The highest BCUT2D eigenvalue weighted by Gasteiger charge is 2.16. The third-order valence-electron chi connectivity index (χ3n) is 5.39. The zero-order valence-corrected chi connectivity index (χ0v) is 17.9. The summed E-state index contributed by atoms with van der Waals surface area (Å²) in [7, 11) is 0. The Hall–Kier alpha value is -4.33. The minimum Gasteiger partial charge on any atom is -0.322 e. The summed E-state index contributed by atoms with van der Waals surface area (Å²) in [6.07, 6.45) is 4.94. The Kier molecular flexibility index (Phi) is 5.40. The number of hydrogen-bond acceptors (Lipinski definition) is 4. The molecular formula is C25H21FN6O. The number of rotatable bonds is 6. The van der Waals surface area contributed by atoms with E-state index in [2.05, 4.69) is 20.5 Å². The van der Waals surface area contributed by atoms with Crippen LogP contribution in [0.4, 0.5) is 10.1 Å². The fraction of sp³-hybridized carbons (Fsp3) is 0.120. The Morgan fingerprint density at radius 2 is 1.85 bits per heavy atom. The van der Waals surface area contributed by atoms with Crippen LogP contribution in [0.15, 0.2) is 79.3 Å². The fourth-order valence-electron chi connectivity index (χ4n) is 3.90. The molecule has 33 heavy (non-hydrogen) atoms. The second kappa shape index (κ2) is 8.66. The van der Waals surface area contributed by atoms with E-state index < -0.39 is 0 Å². The average molecular weight is 440 g/mol. The molecule has 5 aromatic rings. The lowest BCUT2D eigenvalue weighted by Crippen LogP contribution is -2.19. The molecular weight excluding hydrogens is 419 g/mol. The highest BCUT2D eigenvalue weighted by molar-refractivity contribution is 5.96. The van der Waals surface area contributed by atoms with E-state index in [1.807, 2.05) is 43.3 Å². The van der Waals surface area contributed by atoms with Crippen LogP contribution in [0.25, 0.3) is 22.2 Å². The summed E-state index contributed by atoms with van der Waals surface area (Å²) in [6.45, 7) is 2.20. The molecule has 0 radical (unpaired) electrons. The minimum absolute atomic E-state index is 0.00801. The topological polar surface area (TPSA) is 77.6 Å². The fourth-order valence-corrected chi connectivity index (χ4v) is 3.90. The number of fused-ring (bicyclic) bond motifs is 1. The van der Waals surface area contributed by atoms with Gasteiger partial charge in [0, 0.05) is 23.3 Å². The van der Waals surface area contributed by atoms with Crippen molar-refractivity contribution < 1.29 is 9.18 Å². The minimum atomic E-state index is -0.290. The molecule has 0 unspecified atom stereocenters. The van der Waals surface area contributed by atoms with Crippen molar-refractivity contribution in [1.82, 2.24) is 24.5 Å². The summed E-state index contributed by atoms with van der Waals surface area (Å²) in [4.78, 5) is 17.2. The first-order valence-corrected chi connectivity index (χ1v) is 10.5. The molecule has 0 fully saturated rings. The van der Waals surface area contributed by atoms with Crippen molar-refractivity contribution in [1.29, 1.82) is 0 Å². The summed E-state index contributed by atoms with van der Waals surface area (Å²) < 4.78 is 17.1. The number of carbonyl (C=O) groups excluding carboxylic acids is 1. The van der Waals surface area contributed by atoms with Gasteiger partial charge in [0.05, 0.1) is 24.1 Å². The summed E-state index contributed by atoms with van der Waals surface area (Å²) in [5, 5.41) is 12.5. The lowest BCUT2D eigenvalue weighted by atomic mass is 10.0. The zero-order chi connectivity index (χ0) is 22.8. The quantitative estimate of drug-likeness (QED) is 0.424. The number of nitrogens with one attached hydrogen (secondary N) is 1. The third kappa shape index (κ3) is 4.23. The maximum atomic E-state index is 13.9. The molecule has 0 saturated carbocycles. The number of hydrogen-bond donors (Lipinski definition) is 1. The first kappa shape index (κ1) is 20.6. The molecule has 0 saturated heterocycles. The second-order valence-electron chi connectivity index (χ2n) is 7.73. The van der Waals surface area contributed by atoms with Crippen molar-refractivity contribution in [3.63, 3.8) is 0 Å². The summed E-state index contributed by atoms with van der Waals surface area (Å²) in [5.41, 5.74) is 4.61. The molecule has 8 heteroatoms. The van der Waals surface area contributed by atoms with Gasteiger partial charge < -0.3 is 5.32 Å². The molecule has 1 N–H and O–H groups in total. The predicted octanol–water partition coefficient (Wildman–Crippen LogP) is 4.43. The number of carbonyl (C=O) groups is 1. The molecule has 3 aromatic heterocycles. The van der Waals surface area contributed by atoms with Crippen LogP contribution in [-0.4, -0.2) is 30.5 Å². The summed E-state index contributed by atoms with van der Waals surface area (Å²) >= 11 is 0. The van der Waals surface area contributed by atoms with Gasteiger partial charge in [0.15, 0.2) is 5.65 Å². The van der Waals surface area contributed by atoms with Gasteiger partial charge in [0.2, 0.25) is 5.91 Å². The van der Waals surface area contributed by atoms with E-state index in [-0.39, 0.29) is 24.8 Å². The number of amides is 1. The number of halogens is 1. The lowest BCUT2D eigenvalue weighted by Gasteiger charge is -2.06. The Labute approximate surface area is 189 Å². The first-order chi connectivity index (χ1) is 16.1. The highest BCUT2D eigenvalue weighted by Crippen LogP contribution is 2.29. The van der Waals surface area contributed by atoms with Gasteiger partial charge in [-0.15, -0.1) is 0 Å². The second-order valence-corrected chi connectivity index (χ2v) is 7.73. The van der Waals surface area contributed by atoms with E-state index in [9.17, 15) is 9.18 Å². The lowest BCUT2D eigenvalue weighted by molar-refractivity contribution is -0.116. The molecule has 164 valence electrons. The van der Waals surface area contributed by atoms with Crippen molar-refractivity contribution in [3.05, 3.63) is 96.3 Å². The van der Waals surface area contributed by atoms with Gasteiger partial charge in [0.1, 0.15) is 12.4 Å².